The van der Waals surface area contributed by atoms with Gasteiger partial charge in [0, 0.05) is 18.0 Å². The number of likely N-dealkylation sites (N-methyl/N-ethyl adjacent to an activating group) is 1. The fourth-order valence-electron chi connectivity index (χ4n) is 2.35. The van der Waals surface area contributed by atoms with E-state index in [0.29, 0.717) is 19.5 Å². The number of thiophene rings is 1. The molecule has 0 aliphatic heterocycles. The van der Waals surface area contributed by atoms with Gasteiger partial charge in [0.1, 0.15) is 0 Å². The summed E-state index contributed by atoms with van der Waals surface area (Å²) in [6.07, 6.45) is 0.633. The lowest BCUT2D eigenvalue weighted by Gasteiger charge is -2.19. The lowest BCUT2D eigenvalue weighted by molar-refractivity contribution is -0.122. The van der Waals surface area contributed by atoms with Gasteiger partial charge < -0.3 is 5.32 Å². The van der Waals surface area contributed by atoms with E-state index in [4.69, 9.17) is 5.14 Å². The van der Waals surface area contributed by atoms with Crippen molar-refractivity contribution >= 4 is 27.3 Å². The summed E-state index contributed by atoms with van der Waals surface area (Å²) in [5, 5.41) is 10.00. The van der Waals surface area contributed by atoms with Crippen molar-refractivity contribution in [3.05, 3.63) is 52.2 Å². The molecule has 0 saturated carbocycles. The molecule has 2 rings (SSSR count). The standard InChI is InChI=1S/C17H23N3O3S2/c1-2-20(12-15-4-3-11-24-15)13-17(21)19-10-9-14-5-7-16(8-6-14)25(18,22)23/h3-8,11H,2,9-10,12-13H2,1H3,(H,19,21)(H2,18,22,23). The molecule has 1 aromatic heterocycles. The Morgan fingerprint density at radius 2 is 1.96 bits per heavy atom. The maximum atomic E-state index is 12.1. The van der Waals surface area contributed by atoms with Crippen LogP contribution in [0.5, 0.6) is 0 Å². The average Bonchev–Trinajstić information content (AvgIpc) is 3.07. The molecule has 0 radical (unpaired) electrons. The van der Waals surface area contributed by atoms with Crippen LogP contribution in [-0.4, -0.2) is 38.9 Å². The van der Waals surface area contributed by atoms with Crippen molar-refractivity contribution < 1.29 is 13.2 Å². The Morgan fingerprint density at radius 1 is 1.24 bits per heavy atom. The largest absolute Gasteiger partial charge is 0.355 e. The molecule has 0 saturated heterocycles. The molecule has 25 heavy (non-hydrogen) atoms. The minimum absolute atomic E-state index is 0.0143. The maximum Gasteiger partial charge on any atom is 0.238 e. The molecule has 1 amide bonds. The van der Waals surface area contributed by atoms with E-state index in [9.17, 15) is 13.2 Å². The van der Waals surface area contributed by atoms with E-state index in [1.165, 1.54) is 17.0 Å². The molecule has 0 unspecified atom stereocenters. The smallest absolute Gasteiger partial charge is 0.238 e. The van der Waals surface area contributed by atoms with Crippen molar-refractivity contribution in [3.8, 4) is 0 Å². The van der Waals surface area contributed by atoms with E-state index in [-0.39, 0.29) is 10.8 Å². The molecular formula is C17H23N3O3S2. The summed E-state index contributed by atoms with van der Waals surface area (Å²) in [7, 11) is -3.67. The predicted octanol–water partition coefficient (Wildman–Crippen LogP) is 1.58. The van der Waals surface area contributed by atoms with Crippen LogP contribution in [0, 0.1) is 0 Å². The van der Waals surface area contributed by atoms with Crippen LogP contribution in [0.1, 0.15) is 17.4 Å². The van der Waals surface area contributed by atoms with E-state index in [1.54, 1.807) is 23.5 Å². The summed E-state index contributed by atoms with van der Waals surface area (Å²) in [5.74, 6) is -0.0143. The fraction of sp³-hybridized carbons (Fsp3) is 0.353. The number of nitrogens with two attached hydrogens (primary N) is 1. The van der Waals surface area contributed by atoms with E-state index >= 15 is 0 Å². The number of rotatable bonds is 9. The van der Waals surface area contributed by atoms with Gasteiger partial charge in [-0.05, 0) is 42.1 Å². The van der Waals surface area contributed by atoms with Crippen molar-refractivity contribution in [2.45, 2.75) is 24.8 Å². The Hall–Kier alpha value is -1.74. The van der Waals surface area contributed by atoms with Gasteiger partial charge in [-0.3, -0.25) is 9.69 Å². The minimum atomic E-state index is -3.67. The van der Waals surface area contributed by atoms with Gasteiger partial charge in [0.2, 0.25) is 15.9 Å². The summed E-state index contributed by atoms with van der Waals surface area (Å²) >= 11 is 1.69. The highest BCUT2D eigenvalue weighted by Gasteiger charge is 2.10. The zero-order valence-electron chi connectivity index (χ0n) is 14.1. The van der Waals surface area contributed by atoms with Gasteiger partial charge in [-0.2, -0.15) is 0 Å². The number of primary sulfonamides is 1. The highest BCUT2D eigenvalue weighted by molar-refractivity contribution is 7.89. The molecule has 2 aromatic rings. The number of amides is 1. The normalized spacial score (nSPS) is 11.6. The van der Waals surface area contributed by atoms with Crippen LogP contribution in [-0.2, 0) is 27.8 Å². The van der Waals surface area contributed by atoms with E-state index in [1.807, 2.05) is 18.4 Å². The molecule has 1 heterocycles. The quantitative estimate of drug-likeness (QED) is 0.690. The molecule has 0 atom stereocenters. The molecule has 6 nitrogen and oxygen atoms in total. The van der Waals surface area contributed by atoms with Gasteiger partial charge in [0.15, 0.2) is 0 Å². The summed E-state index contributed by atoms with van der Waals surface area (Å²) in [5.41, 5.74) is 0.943. The first-order valence-electron chi connectivity index (χ1n) is 8.01. The molecule has 0 aliphatic carbocycles. The lowest BCUT2D eigenvalue weighted by Crippen LogP contribution is -2.37. The molecule has 0 spiro atoms. The summed E-state index contributed by atoms with van der Waals surface area (Å²) < 4.78 is 22.4. The Kier molecular flexibility index (Phi) is 7.12. The number of nitrogens with one attached hydrogen (secondary N) is 1. The molecule has 136 valence electrons. The van der Waals surface area contributed by atoms with Crippen molar-refractivity contribution in [1.82, 2.24) is 10.2 Å². The van der Waals surface area contributed by atoms with Crippen LogP contribution in [0.3, 0.4) is 0 Å². The molecule has 1 aromatic carbocycles. The van der Waals surface area contributed by atoms with Gasteiger partial charge in [0.05, 0.1) is 11.4 Å². The van der Waals surface area contributed by atoms with Gasteiger partial charge in [-0.25, -0.2) is 13.6 Å². The summed E-state index contributed by atoms with van der Waals surface area (Å²) in [6, 6.07) is 10.5. The molecule has 0 aliphatic rings. The molecule has 3 N–H and O–H groups in total. The molecule has 0 bridgehead atoms. The Bertz CT molecular complexity index is 772. The Balaban J connectivity index is 1.76. The number of hydrogen-bond donors (Lipinski definition) is 2. The van der Waals surface area contributed by atoms with Crippen molar-refractivity contribution in [2.75, 3.05) is 19.6 Å². The van der Waals surface area contributed by atoms with Crippen LogP contribution in [0.2, 0.25) is 0 Å². The third kappa shape index (κ3) is 6.58. The number of sulfonamides is 1. The van der Waals surface area contributed by atoms with Crippen molar-refractivity contribution in [1.29, 1.82) is 0 Å². The van der Waals surface area contributed by atoms with Crippen LogP contribution < -0.4 is 10.5 Å². The minimum Gasteiger partial charge on any atom is -0.355 e. The number of carbonyl (C=O) groups excluding carboxylic acids is 1. The first kappa shape index (κ1) is 19.6. The van der Waals surface area contributed by atoms with Crippen LogP contribution in [0.25, 0.3) is 0 Å². The number of hydrogen-bond acceptors (Lipinski definition) is 5. The predicted molar refractivity (Wildman–Crippen MR) is 99.8 cm³/mol. The van der Waals surface area contributed by atoms with Crippen molar-refractivity contribution in [2.24, 2.45) is 5.14 Å². The Labute approximate surface area is 152 Å². The van der Waals surface area contributed by atoms with Gasteiger partial charge in [0.25, 0.3) is 0 Å². The third-order valence-corrected chi connectivity index (χ3v) is 5.55. The molecule has 8 heteroatoms. The number of benzene rings is 1. The highest BCUT2D eigenvalue weighted by atomic mass is 32.2. The highest BCUT2D eigenvalue weighted by Crippen LogP contribution is 2.11. The average molecular weight is 382 g/mol. The maximum absolute atomic E-state index is 12.1. The van der Waals surface area contributed by atoms with Crippen LogP contribution in [0.4, 0.5) is 0 Å². The fourth-order valence-corrected chi connectivity index (χ4v) is 3.62. The second kappa shape index (κ2) is 9.10. The monoisotopic (exact) mass is 381 g/mol. The van der Waals surface area contributed by atoms with Crippen molar-refractivity contribution in [3.63, 3.8) is 0 Å². The summed E-state index contributed by atoms with van der Waals surface area (Å²) in [4.78, 5) is 15.5. The van der Waals surface area contributed by atoms with Gasteiger partial charge in [-0.1, -0.05) is 25.1 Å². The molecular weight excluding hydrogens is 358 g/mol. The third-order valence-electron chi connectivity index (χ3n) is 3.76. The topological polar surface area (TPSA) is 92.5 Å². The van der Waals surface area contributed by atoms with Gasteiger partial charge in [-0.15, -0.1) is 11.3 Å². The number of nitrogens with zero attached hydrogens (tertiary/aromatic N) is 1. The first-order chi connectivity index (χ1) is 11.9. The molecule has 0 fully saturated rings. The SMILES string of the molecule is CCN(CC(=O)NCCc1ccc(S(N)(=O)=O)cc1)Cc1cccs1. The van der Waals surface area contributed by atoms with Gasteiger partial charge >= 0.3 is 0 Å². The zero-order chi connectivity index (χ0) is 18.3. The van der Waals surface area contributed by atoms with Crippen LogP contribution in [0.15, 0.2) is 46.7 Å². The number of carbonyl (C=O) groups is 1. The second-order valence-corrected chi connectivity index (χ2v) is 8.27. The zero-order valence-corrected chi connectivity index (χ0v) is 15.8. The second-order valence-electron chi connectivity index (χ2n) is 5.67. The van der Waals surface area contributed by atoms with Crippen LogP contribution >= 0.6 is 11.3 Å². The van der Waals surface area contributed by atoms with E-state index in [0.717, 1.165) is 18.7 Å². The van der Waals surface area contributed by atoms with E-state index in [2.05, 4.69) is 16.3 Å². The Morgan fingerprint density at radius 3 is 2.52 bits per heavy atom. The lowest BCUT2D eigenvalue weighted by atomic mass is 10.1. The van der Waals surface area contributed by atoms with E-state index < -0.39 is 10.0 Å². The summed E-state index contributed by atoms with van der Waals surface area (Å²) in [6.45, 7) is 4.48. The first-order valence-corrected chi connectivity index (χ1v) is 10.4.